The Labute approximate surface area is 194 Å². The molecule has 0 aliphatic heterocycles. The van der Waals surface area contributed by atoms with Crippen molar-refractivity contribution in [3.63, 3.8) is 0 Å². The highest BCUT2D eigenvalue weighted by atomic mass is 19.1. The quantitative estimate of drug-likeness (QED) is 0.307. The molecule has 0 atom stereocenters. The van der Waals surface area contributed by atoms with Crippen LogP contribution in [0.15, 0.2) is 72.5 Å². The van der Waals surface area contributed by atoms with E-state index in [2.05, 4.69) is 9.97 Å². The number of carboxylic acids is 1. The molecule has 0 radical (unpaired) electrons. The molecule has 0 spiro atoms. The third kappa shape index (κ3) is 4.03. The Kier molecular flexibility index (Phi) is 5.37. The number of carboxylic acid groups (broad SMARTS) is 1. The molecule has 6 nitrogen and oxygen atoms in total. The number of rotatable bonds is 5. The van der Waals surface area contributed by atoms with E-state index in [0.717, 1.165) is 24.0 Å². The van der Waals surface area contributed by atoms with E-state index in [0.29, 0.717) is 33.5 Å². The van der Waals surface area contributed by atoms with Gasteiger partial charge >= 0.3 is 5.97 Å². The second-order valence-electron chi connectivity index (χ2n) is 8.16. The first-order valence-electron chi connectivity index (χ1n) is 10.8. The Morgan fingerprint density at radius 2 is 1.85 bits per heavy atom. The highest BCUT2D eigenvalue weighted by Crippen LogP contribution is 2.32. The number of aryl methyl sites for hydroxylation is 1. The van der Waals surface area contributed by atoms with Gasteiger partial charge in [0.05, 0.1) is 16.6 Å². The molecule has 0 saturated heterocycles. The van der Waals surface area contributed by atoms with Gasteiger partial charge in [0.15, 0.2) is 0 Å². The van der Waals surface area contributed by atoms with Crippen LogP contribution in [-0.4, -0.2) is 26.2 Å². The third-order valence-corrected chi connectivity index (χ3v) is 5.89. The second-order valence-corrected chi connectivity index (χ2v) is 8.16. The molecule has 170 valence electrons. The molecule has 0 amide bonds. The van der Waals surface area contributed by atoms with E-state index in [1.165, 1.54) is 12.1 Å². The minimum atomic E-state index is -1.04. The van der Waals surface area contributed by atoms with Gasteiger partial charge in [-0.3, -0.25) is 0 Å². The molecule has 1 aromatic heterocycles. The lowest BCUT2D eigenvalue weighted by Crippen LogP contribution is -2.00. The molecular weight excluding hydrogens is 435 g/mol. The van der Waals surface area contributed by atoms with Crippen molar-refractivity contribution in [2.24, 2.45) is 0 Å². The average molecular weight is 456 g/mol. The van der Waals surface area contributed by atoms with Gasteiger partial charge in [-0.2, -0.15) is 4.98 Å². The number of aliphatic hydroxyl groups is 1. The Bertz CT molecular complexity index is 1480. The van der Waals surface area contributed by atoms with Crippen LogP contribution in [0.25, 0.3) is 27.7 Å². The number of allylic oxidation sites excluding steroid dienone is 3. The average Bonchev–Trinajstić information content (AvgIpc) is 3.21. The maximum absolute atomic E-state index is 14.9. The highest BCUT2D eigenvalue weighted by Gasteiger charge is 2.15. The van der Waals surface area contributed by atoms with Gasteiger partial charge in [-0.1, -0.05) is 36.4 Å². The number of fused-ring (bicyclic) bond motifs is 1. The summed E-state index contributed by atoms with van der Waals surface area (Å²) in [5.74, 6) is -0.883. The number of aliphatic hydroxyl groups excluding tert-OH is 1. The fourth-order valence-electron chi connectivity index (χ4n) is 4.08. The lowest BCUT2D eigenvalue weighted by Gasteiger charge is -2.13. The number of H-pyrrole nitrogens is 1. The van der Waals surface area contributed by atoms with Crippen molar-refractivity contribution in [3.05, 3.63) is 95.0 Å². The zero-order valence-corrected chi connectivity index (χ0v) is 18.3. The monoisotopic (exact) mass is 456 g/mol. The fourth-order valence-corrected chi connectivity index (χ4v) is 4.08. The van der Waals surface area contributed by atoms with Crippen LogP contribution >= 0.6 is 0 Å². The molecule has 1 heterocycles. The number of aromatic amines is 1. The Morgan fingerprint density at radius 3 is 2.59 bits per heavy atom. The van der Waals surface area contributed by atoms with E-state index in [9.17, 15) is 19.4 Å². The summed E-state index contributed by atoms with van der Waals surface area (Å²) in [6.07, 6.45) is 5.27. The molecular formula is C27H21FN2O4. The summed E-state index contributed by atoms with van der Waals surface area (Å²) < 4.78 is 20.6. The van der Waals surface area contributed by atoms with Gasteiger partial charge in [0.1, 0.15) is 17.3 Å². The first-order valence-corrected chi connectivity index (χ1v) is 10.8. The van der Waals surface area contributed by atoms with Gasteiger partial charge in [0.2, 0.25) is 0 Å². The molecule has 0 saturated carbocycles. The number of nitrogens with one attached hydrogen (secondary N) is 1. The number of nitrogens with zero attached hydrogens (tertiary/aromatic N) is 1. The van der Waals surface area contributed by atoms with Crippen LogP contribution in [0.2, 0.25) is 0 Å². The molecule has 0 fully saturated rings. The van der Waals surface area contributed by atoms with Crippen molar-refractivity contribution in [1.82, 2.24) is 9.97 Å². The Balaban J connectivity index is 1.44. The molecule has 4 aromatic rings. The van der Waals surface area contributed by atoms with E-state index in [4.69, 9.17) is 4.74 Å². The SMILES string of the molecule is Cc1ccc(Oc2nc3cc(-c4ccc(C5=C(O)C=CCC5)cc4)c(F)cc3[nH]2)cc1C(=O)O. The molecule has 3 aromatic carbocycles. The van der Waals surface area contributed by atoms with E-state index < -0.39 is 11.8 Å². The van der Waals surface area contributed by atoms with Gasteiger partial charge in [-0.25, -0.2) is 9.18 Å². The van der Waals surface area contributed by atoms with Crippen LogP contribution in [0.5, 0.6) is 11.8 Å². The Hall–Kier alpha value is -4.39. The number of ether oxygens (including phenoxy) is 1. The molecule has 1 aliphatic rings. The number of hydrogen-bond donors (Lipinski definition) is 3. The molecule has 0 bridgehead atoms. The molecule has 1 aliphatic carbocycles. The van der Waals surface area contributed by atoms with Gasteiger partial charge in [-0.15, -0.1) is 0 Å². The maximum Gasteiger partial charge on any atom is 0.336 e. The normalized spacial score (nSPS) is 13.5. The van der Waals surface area contributed by atoms with Crippen LogP contribution in [-0.2, 0) is 0 Å². The zero-order chi connectivity index (χ0) is 23.8. The molecule has 7 heteroatoms. The minimum absolute atomic E-state index is 0.134. The van der Waals surface area contributed by atoms with Crippen molar-refractivity contribution in [2.75, 3.05) is 0 Å². The van der Waals surface area contributed by atoms with Crippen molar-refractivity contribution in [2.45, 2.75) is 19.8 Å². The summed E-state index contributed by atoms with van der Waals surface area (Å²) >= 11 is 0. The maximum atomic E-state index is 14.9. The first kappa shape index (κ1) is 21.5. The number of aromatic carboxylic acids is 1. The van der Waals surface area contributed by atoms with Crippen LogP contribution in [0.1, 0.15) is 34.3 Å². The first-order chi connectivity index (χ1) is 16.4. The van der Waals surface area contributed by atoms with Crippen molar-refractivity contribution < 1.29 is 24.1 Å². The summed E-state index contributed by atoms with van der Waals surface area (Å²) in [6.45, 7) is 1.71. The summed E-state index contributed by atoms with van der Waals surface area (Å²) in [6, 6.07) is 15.3. The predicted octanol–water partition coefficient (Wildman–Crippen LogP) is 6.79. The summed E-state index contributed by atoms with van der Waals surface area (Å²) in [5, 5.41) is 19.4. The third-order valence-electron chi connectivity index (χ3n) is 5.89. The molecule has 3 N–H and O–H groups in total. The largest absolute Gasteiger partial charge is 0.508 e. The zero-order valence-electron chi connectivity index (χ0n) is 18.3. The lowest BCUT2D eigenvalue weighted by molar-refractivity contribution is 0.0695. The second kappa shape index (κ2) is 8.51. The van der Waals surface area contributed by atoms with E-state index in [-0.39, 0.29) is 17.3 Å². The van der Waals surface area contributed by atoms with Crippen molar-refractivity contribution >= 4 is 22.6 Å². The molecule has 34 heavy (non-hydrogen) atoms. The van der Waals surface area contributed by atoms with Gasteiger partial charge in [-0.05, 0) is 60.7 Å². The number of halogens is 1. The molecule has 0 unspecified atom stereocenters. The van der Waals surface area contributed by atoms with Gasteiger partial charge < -0.3 is 19.9 Å². The van der Waals surface area contributed by atoms with E-state index >= 15 is 0 Å². The lowest BCUT2D eigenvalue weighted by atomic mass is 9.94. The van der Waals surface area contributed by atoms with Crippen LogP contribution in [0.3, 0.4) is 0 Å². The smallest absolute Gasteiger partial charge is 0.336 e. The van der Waals surface area contributed by atoms with E-state index in [1.54, 1.807) is 31.2 Å². The number of aromatic nitrogens is 2. The van der Waals surface area contributed by atoms with E-state index in [1.807, 2.05) is 30.3 Å². The standard InChI is InChI=1S/C27H21FN2O4/c1-15-6-11-18(12-20(15)26(32)33)34-27-29-23-13-21(22(28)14-24(23)30-27)17-9-7-16(8-10-17)19-4-2-3-5-25(19)31/h3,5-14,31H,2,4H2,1H3,(H,29,30)(H,32,33). The van der Waals surface area contributed by atoms with Gasteiger partial charge in [0, 0.05) is 17.2 Å². The fraction of sp³-hybridized carbons (Fsp3) is 0.111. The summed E-state index contributed by atoms with van der Waals surface area (Å²) in [4.78, 5) is 18.7. The highest BCUT2D eigenvalue weighted by molar-refractivity contribution is 5.90. The number of benzene rings is 3. The van der Waals surface area contributed by atoms with Crippen LogP contribution in [0, 0.1) is 12.7 Å². The van der Waals surface area contributed by atoms with Crippen molar-refractivity contribution in [3.8, 4) is 22.9 Å². The molecule has 5 rings (SSSR count). The topological polar surface area (TPSA) is 95.4 Å². The Morgan fingerprint density at radius 1 is 1.09 bits per heavy atom. The van der Waals surface area contributed by atoms with Crippen molar-refractivity contribution in [1.29, 1.82) is 0 Å². The summed E-state index contributed by atoms with van der Waals surface area (Å²) in [7, 11) is 0. The van der Waals surface area contributed by atoms with Crippen LogP contribution < -0.4 is 4.74 Å². The minimum Gasteiger partial charge on any atom is -0.508 e. The number of imidazole rings is 1. The number of hydrogen-bond acceptors (Lipinski definition) is 4. The summed E-state index contributed by atoms with van der Waals surface area (Å²) in [5.41, 5.74) is 4.59. The number of carbonyl (C=O) groups is 1. The predicted molar refractivity (Wildman–Crippen MR) is 128 cm³/mol. The van der Waals surface area contributed by atoms with Crippen LogP contribution in [0.4, 0.5) is 4.39 Å². The van der Waals surface area contributed by atoms with Gasteiger partial charge in [0.25, 0.3) is 6.01 Å².